The molecule has 2 N–H and O–H groups in total. The zero-order valence-corrected chi connectivity index (χ0v) is 10.2. The van der Waals surface area contributed by atoms with E-state index >= 15 is 0 Å². The zero-order valence-electron chi connectivity index (χ0n) is 9.40. The molecule has 6 heteroatoms. The van der Waals surface area contributed by atoms with Crippen LogP contribution in [0.1, 0.15) is 25.6 Å². The van der Waals surface area contributed by atoms with Crippen LogP contribution in [0.15, 0.2) is 0 Å². The maximum atomic E-state index is 10.2. The van der Waals surface area contributed by atoms with Gasteiger partial charge >= 0.3 is 0 Å². The first-order valence-corrected chi connectivity index (χ1v) is 6.36. The first-order chi connectivity index (χ1) is 7.72. The summed E-state index contributed by atoms with van der Waals surface area (Å²) in [5.41, 5.74) is -0.656. The highest BCUT2D eigenvalue weighted by Crippen LogP contribution is 2.21. The summed E-state index contributed by atoms with van der Waals surface area (Å²) >= 11 is 1.35. The lowest BCUT2D eigenvalue weighted by atomic mass is 9.95. The summed E-state index contributed by atoms with van der Waals surface area (Å²) in [6, 6.07) is 0. The fourth-order valence-corrected chi connectivity index (χ4v) is 2.28. The van der Waals surface area contributed by atoms with Gasteiger partial charge in [0.25, 0.3) is 0 Å². The van der Waals surface area contributed by atoms with E-state index in [2.05, 4.69) is 14.7 Å². The van der Waals surface area contributed by atoms with Gasteiger partial charge in [-0.05, 0) is 0 Å². The predicted molar refractivity (Wildman–Crippen MR) is 62.8 cm³/mol. The number of hydrogen-bond donors (Lipinski definition) is 2. The summed E-state index contributed by atoms with van der Waals surface area (Å²) < 4.78 is 9.41. The molecule has 0 aliphatic carbocycles. The highest BCUT2D eigenvalue weighted by Gasteiger charge is 2.29. The fourth-order valence-electron chi connectivity index (χ4n) is 1.64. The fraction of sp³-hybridized carbons (Fsp3) is 0.800. The van der Waals surface area contributed by atoms with E-state index in [4.69, 9.17) is 4.74 Å². The molecule has 2 rings (SSSR count). The molecule has 0 radical (unpaired) electrons. The lowest BCUT2D eigenvalue weighted by Gasteiger charge is -2.31. The van der Waals surface area contributed by atoms with Crippen molar-refractivity contribution in [1.29, 1.82) is 0 Å². The molecular weight excluding hydrogens is 226 g/mol. The average Bonchev–Trinajstić information content (AvgIpc) is 2.75. The number of nitrogens with zero attached hydrogens (tertiary/aromatic N) is 2. The summed E-state index contributed by atoms with van der Waals surface area (Å²) in [5, 5.41) is 14.1. The van der Waals surface area contributed by atoms with E-state index in [0.29, 0.717) is 32.6 Å². The monoisotopic (exact) mass is 243 g/mol. The minimum Gasteiger partial charge on any atom is -0.388 e. The summed E-state index contributed by atoms with van der Waals surface area (Å²) in [6.45, 7) is 3.82. The van der Waals surface area contributed by atoms with Crippen molar-refractivity contribution in [2.24, 2.45) is 0 Å². The van der Waals surface area contributed by atoms with Gasteiger partial charge in [-0.2, -0.15) is 4.37 Å². The second-order valence-corrected chi connectivity index (χ2v) is 4.81. The Labute approximate surface area is 99.0 Å². The third-order valence-electron chi connectivity index (χ3n) is 2.78. The van der Waals surface area contributed by atoms with Crippen molar-refractivity contribution in [2.45, 2.75) is 31.8 Å². The molecular formula is C10H17N3O2S. The van der Waals surface area contributed by atoms with Gasteiger partial charge in [-0.1, -0.05) is 6.92 Å². The average molecular weight is 243 g/mol. The first kappa shape index (κ1) is 11.8. The van der Waals surface area contributed by atoms with Crippen LogP contribution in [0.5, 0.6) is 0 Å². The van der Waals surface area contributed by atoms with Gasteiger partial charge in [0.05, 0.1) is 5.60 Å². The number of nitrogens with one attached hydrogen (secondary N) is 1. The topological polar surface area (TPSA) is 67.3 Å². The van der Waals surface area contributed by atoms with E-state index in [1.807, 2.05) is 6.92 Å². The van der Waals surface area contributed by atoms with E-state index in [0.717, 1.165) is 17.4 Å². The van der Waals surface area contributed by atoms with Gasteiger partial charge in [-0.25, -0.2) is 4.98 Å². The van der Waals surface area contributed by atoms with Crippen LogP contribution in [0, 0.1) is 0 Å². The van der Waals surface area contributed by atoms with Crippen molar-refractivity contribution in [2.75, 3.05) is 25.1 Å². The predicted octanol–water partition coefficient (Wildman–Crippen LogP) is 1.05. The standard InChI is InChI=1S/C10H17N3O2S/c1-2-8-12-9(16-13-8)11-7-10(14)3-5-15-6-4-10/h14H,2-7H2,1H3,(H,11,12,13). The normalized spacial score (nSPS) is 19.6. The molecule has 1 saturated heterocycles. The van der Waals surface area contributed by atoms with Crippen LogP contribution in [-0.2, 0) is 11.2 Å². The molecule has 1 fully saturated rings. The molecule has 2 heterocycles. The van der Waals surface area contributed by atoms with E-state index in [-0.39, 0.29) is 0 Å². The van der Waals surface area contributed by atoms with Crippen molar-refractivity contribution >= 4 is 16.7 Å². The first-order valence-electron chi connectivity index (χ1n) is 5.58. The molecule has 0 spiro atoms. The lowest BCUT2D eigenvalue weighted by molar-refractivity contribution is -0.0543. The van der Waals surface area contributed by atoms with Gasteiger partial charge in [-0.3, -0.25) is 0 Å². The van der Waals surface area contributed by atoms with E-state index in [1.165, 1.54) is 11.5 Å². The van der Waals surface area contributed by atoms with Crippen LogP contribution in [0.2, 0.25) is 0 Å². The summed E-state index contributed by atoms with van der Waals surface area (Å²) in [5.74, 6) is 0.853. The molecule has 0 amide bonds. The Balaban J connectivity index is 1.86. The number of ether oxygens (including phenoxy) is 1. The third kappa shape index (κ3) is 2.90. The Morgan fingerprint density at radius 1 is 1.50 bits per heavy atom. The summed E-state index contributed by atoms with van der Waals surface area (Å²) in [6.07, 6.45) is 2.20. The Morgan fingerprint density at radius 2 is 2.25 bits per heavy atom. The molecule has 0 unspecified atom stereocenters. The molecule has 0 bridgehead atoms. The molecule has 1 aromatic heterocycles. The number of anilines is 1. The molecule has 0 atom stereocenters. The van der Waals surface area contributed by atoms with Crippen molar-refractivity contribution in [3.05, 3.63) is 5.82 Å². The molecule has 0 saturated carbocycles. The zero-order chi connectivity index (χ0) is 11.4. The Morgan fingerprint density at radius 3 is 2.88 bits per heavy atom. The second-order valence-electron chi connectivity index (χ2n) is 4.06. The smallest absolute Gasteiger partial charge is 0.202 e. The van der Waals surface area contributed by atoms with Gasteiger partial charge in [0.2, 0.25) is 5.13 Å². The van der Waals surface area contributed by atoms with Crippen molar-refractivity contribution in [1.82, 2.24) is 9.36 Å². The molecule has 1 aliphatic heterocycles. The van der Waals surface area contributed by atoms with Crippen LogP contribution in [0.4, 0.5) is 5.13 Å². The van der Waals surface area contributed by atoms with E-state index < -0.39 is 5.60 Å². The van der Waals surface area contributed by atoms with Crippen LogP contribution >= 0.6 is 11.5 Å². The number of hydrogen-bond acceptors (Lipinski definition) is 6. The molecule has 16 heavy (non-hydrogen) atoms. The summed E-state index contributed by atoms with van der Waals surface area (Å²) in [4.78, 5) is 4.30. The number of rotatable bonds is 4. The Kier molecular flexibility index (Phi) is 3.73. The number of aliphatic hydroxyl groups is 1. The van der Waals surface area contributed by atoms with Crippen LogP contribution < -0.4 is 5.32 Å². The minimum absolute atomic E-state index is 0.523. The van der Waals surface area contributed by atoms with Crippen LogP contribution in [-0.4, -0.2) is 39.8 Å². The Bertz CT molecular complexity index is 337. The van der Waals surface area contributed by atoms with Crippen LogP contribution in [0.25, 0.3) is 0 Å². The van der Waals surface area contributed by atoms with Crippen LogP contribution in [0.3, 0.4) is 0 Å². The maximum Gasteiger partial charge on any atom is 0.202 e. The SMILES string of the molecule is CCc1nsc(NCC2(O)CCOCC2)n1. The van der Waals surface area contributed by atoms with Gasteiger partial charge < -0.3 is 15.2 Å². The quantitative estimate of drug-likeness (QED) is 0.827. The maximum absolute atomic E-state index is 10.2. The minimum atomic E-state index is -0.656. The lowest BCUT2D eigenvalue weighted by Crippen LogP contribution is -2.42. The van der Waals surface area contributed by atoms with Crippen molar-refractivity contribution < 1.29 is 9.84 Å². The number of aryl methyl sites for hydroxylation is 1. The summed E-state index contributed by atoms with van der Waals surface area (Å²) in [7, 11) is 0. The van der Waals surface area contributed by atoms with E-state index in [1.54, 1.807) is 0 Å². The molecule has 90 valence electrons. The number of aromatic nitrogens is 2. The third-order valence-corrected chi connectivity index (χ3v) is 3.49. The highest BCUT2D eigenvalue weighted by molar-refractivity contribution is 7.09. The van der Waals surface area contributed by atoms with Crippen molar-refractivity contribution in [3.8, 4) is 0 Å². The highest BCUT2D eigenvalue weighted by atomic mass is 32.1. The van der Waals surface area contributed by atoms with E-state index in [9.17, 15) is 5.11 Å². The van der Waals surface area contributed by atoms with Crippen molar-refractivity contribution in [3.63, 3.8) is 0 Å². The van der Waals surface area contributed by atoms with Gasteiger partial charge in [0, 0.05) is 50.6 Å². The molecule has 5 nitrogen and oxygen atoms in total. The largest absolute Gasteiger partial charge is 0.388 e. The van der Waals surface area contributed by atoms with Gasteiger partial charge in [0.15, 0.2) is 0 Å². The molecule has 1 aromatic rings. The second kappa shape index (κ2) is 5.07. The molecule has 0 aromatic carbocycles. The Hall–Kier alpha value is -0.720. The van der Waals surface area contributed by atoms with Gasteiger partial charge in [0.1, 0.15) is 5.82 Å². The van der Waals surface area contributed by atoms with Gasteiger partial charge in [-0.15, -0.1) is 0 Å². The molecule has 1 aliphatic rings.